The molecule has 3 aliphatic rings. The number of rotatable bonds is 27. The van der Waals surface area contributed by atoms with Crippen molar-refractivity contribution in [2.24, 2.45) is 0 Å². The van der Waals surface area contributed by atoms with Gasteiger partial charge in [-0.05, 0) is 155 Å². The van der Waals surface area contributed by atoms with Gasteiger partial charge in [0.2, 0.25) is 0 Å². The van der Waals surface area contributed by atoms with Crippen LogP contribution in [-0.2, 0) is 43.0 Å². The number of halogens is 7. The maximum atomic E-state index is 12.4. The van der Waals surface area contributed by atoms with E-state index in [0.717, 1.165) is 138 Å². The Balaban J connectivity index is 0.000000204. The molecule has 0 spiro atoms. The summed E-state index contributed by atoms with van der Waals surface area (Å²) in [6.45, 7) is 16.5. The van der Waals surface area contributed by atoms with Crippen molar-refractivity contribution in [3.05, 3.63) is 133 Å². The monoisotopic (exact) mass is 1360 g/mol. The van der Waals surface area contributed by atoms with E-state index in [2.05, 4.69) is 66.0 Å². The zero-order chi connectivity index (χ0) is 69.0. The number of esters is 3. The number of nitrogens with zero attached hydrogens (tertiary/aromatic N) is 9. The summed E-state index contributed by atoms with van der Waals surface area (Å²) in [6, 6.07) is 34.4. The molecule has 20 nitrogen and oxygen atoms in total. The molecule has 516 valence electrons. The van der Waals surface area contributed by atoms with E-state index < -0.39 is 12.7 Å². The summed E-state index contributed by atoms with van der Waals surface area (Å²) in [4.78, 5) is 95.2. The third-order valence-corrected chi connectivity index (χ3v) is 15.7. The minimum Gasteiger partial charge on any atom is -0.458 e. The number of ketones is 3. The number of carbonyl (C=O) groups excluding carboxylic acids is 6. The Kier molecular flexibility index (Phi) is 29.2. The highest BCUT2D eigenvalue weighted by Gasteiger charge is 2.32. The summed E-state index contributed by atoms with van der Waals surface area (Å²) in [5, 5.41) is 0.717. The molecule has 6 heterocycles. The van der Waals surface area contributed by atoms with Gasteiger partial charge in [-0.2, -0.15) is 0 Å². The molecule has 0 N–H and O–H groups in total. The molecule has 96 heavy (non-hydrogen) atoms. The van der Waals surface area contributed by atoms with E-state index in [1.54, 1.807) is 31.2 Å². The predicted molar refractivity (Wildman–Crippen MR) is 351 cm³/mol. The highest BCUT2D eigenvalue weighted by molar-refractivity contribution is 6.30. The van der Waals surface area contributed by atoms with Crippen molar-refractivity contribution < 1.29 is 78.8 Å². The highest BCUT2D eigenvalue weighted by Crippen LogP contribution is 2.30. The van der Waals surface area contributed by atoms with Crippen LogP contribution in [0.15, 0.2) is 128 Å². The molecule has 0 radical (unpaired) electrons. The molecular weight excluding hydrogens is 1280 g/mol. The smallest absolute Gasteiger partial charge is 0.458 e. The van der Waals surface area contributed by atoms with Gasteiger partial charge >= 0.3 is 30.6 Å². The number of piperazine rings is 3. The zero-order valence-electron chi connectivity index (χ0n) is 54.0. The quantitative estimate of drug-likeness (QED) is 0.0267. The Labute approximate surface area is 559 Å². The van der Waals surface area contributed by atoms with E-state index in [0.29, 0.717) is 48.2 Å². The van der Waals surface area contributed by atoms with E-state index in [1.807, 2.05) is 66.9 Å². The van der Waals surface area contributed by atoms with Gasteiger partial charge in [0, 0.05) is 132 Å². The van der Waals surface area contributed by atoms with Crippen LogP contribution in [0.3, 0.4) is 0 Å². The van der Waals surface area contributed by atoms with Gasteiger partial charge in [0.25, 0.3) is 0 Å². The van der Waals surface area contributed by atoms with Crippen LogP contribution < -0.4 is 24.2 Å². The topological polar surface area (TPSA) is 207 Å². The van der Waals surface area contributed by atoms with Gasteiger partial charge < -0.3 is 38.4 Å². The molecule has 3 aromatic heterocycles. The Morgan fingerprint density at radius 3 is 1.18 bits per heavy atom. The molecule has 9 rings (SSSR count). The van der Waals surface area contributed by atoms with Crippen LogP contribution in [0.5, 0.6) is 11.5 Å². The van der Waals surface area contributed by atoms with Crippen LogP contribution >= 0.6 is 11.6 Å². The average molecular weight is 1360 g/mol. The molecule has 3 saturated heterocycles. The minimum absolute atomic E-state index is 0.0883. The van der Waals surface area contributed by atoms with E-state index in [9.17, 15) is 55.1 Å². The number of aromatic nitrogens is 3. The number of pyridine rings is 3. The fraction of sp³-hybridized carbons (Fsp3) is 0.435. The number of hydrogen-bond donors (Lipinski definition) is 0. The number of Topliss-reactive ketones (excluding diaryl/α,β-unsaturated/α-hetero) is 3. The summed E-state index contributed by atoms with van der Waals surface area (Å²) < 4.78 is 96.6. The average Bonchev–Trinajstić information content (AvgIpc) is 1.25. The Morgan fingerprint density at radius 2 is 0.823 bits per heavy atom. The van der Waals surface area contributed by atoms with Gasteiger partial charge in [-0.1, -0.05) is 42.8 Å². The van der Waals surface area contributed by atoms with Gasteiger partial charge in [0.05, 0.1) is 11.4 Å². The van der Waals surface area contributed by atoms with Crippen LogP contribution in [0, 0.1) is 0 Å². The standard InChI is InChI=1S/C24H28F3N3O4.C23H26F3N3O4.C22H26ClN3O3/c1-2-19(31)17-33-23(32)7-4-12-29-13-15-30(16-14-29)22-6-3-5-21(28-22)18-8-10-20(11-9-18)34-24(25,26)27;1-17(30)16-32-22(31)6-3-11-28-12-14-29(15-13-28)21-5-2-4-20(27-21)18-7-9-19(10-8-18)33-23(24,25)26;1-17(27)16-29-22(28)6-3-9-25-10-12-26(13-11-25)21-8-7-19(15-24-21)18-4-2-5-20(23)14-18/h3,5-6,8-11H,2,4,7,12-17H2,1H3;2,4-5,7-10H,3,6,11-16H2,1H3;2,4-5,7-8,14-15H,3,6,9-13,16H2,1H3. The second-order valence-electron chi connectivity index (χ2n) is 22.9. The summed E-state index contributed by atoms with van der Waals surface area (Å²) in [7, 11) is 0. The van der Waals surface area contributed by atoms with E-state index in [4.69, 9.17) is 25.8 Å². The van der Waals surface area contributed by atoms with Crippen molar-refractivity contribution >= 4 is 64.3 Å². The predicted octanol–water partition coefficient (Wildman–Crippen LogP) is 11.2. The van der Waals surface area contributed by atoms with E-state index in [-0.39, 0.29) is 79.4 Å². The van der Waals surface area contributed by atoms with Crippen LogP contribution in [-0.4, -0.2) is 196 Å². The molecule has 0 unspecified atom stereocenters. The lowest BCUT2D eigenvalue weighted by molar-refractivity contribution is -0.275. The maximum absolute atomic E-state index is 12.4. The molecule has 6 aromatic rings. The fourth-order valence-corrected chi connectivity index (χ4v) is 10.6. The lowest BCUT2D eigenvalue weighted by atomic mass is 10.1. The van der Waals surface area contributed by atoms with Crippen LogP contribution in [0.1, 0.15) is 65.7 Å². The minimum atomic E-state index is -4.72. The summed E-state index contributed by atoms with van der Waals surface area (Å²) in [5.41, 5.74) is 4.83. The largest absolute Gasteiger partial charge is 0.573 e. The molecular formula is C69H80ClF6N9O11. The molecule has 0 amide bonds. The first kappa shape index (κ1) is 74.7. The normalized spacial score (nSPS) is 14.7. The van der Waals surface area contributed by atoms with Crippen molar-refractivity contribution in [2.45, 2.75) is 78.4 Å². The van der Waals surface area contributed by atoms with Crippen LogP contribution in [0.4, 0.5) is 43.8 Å². The Morgan fingerprint density at radius 1 is 0.448 bits per heavy atom. The number of hydrogen-bond acceptors (Lipinski definition) is 20. The SMILES string of the molecule is CC(=O)COC(=O)CCCN1CCN(c2ccc(-c3cccc(Cl)c3)cn2)CC1.CC(=O)COC(=O)CCCN1CCN(c2cccc(-c3ccc(OC(F)(F)F)cc3)n2)CC1.CCC(=O)COC(=O)CCCN1CCN(c2cccc(-c3ccc(OC(F)(F)F)cc3)n2)CC1. The molecule has 0 bridgehead atoms. The number of anilines is 3. The molecule has 3 aromatic carbocycles. The summed E-state index contributed by atoms with van der Waals surface area (Å²) >= 11 is 6.07. The molecule has 3 fully saturated rings. The number of carbonyl (C=O) groups is 6. The van der Waals surface area contributed by atoms with Gasteiger partial charge in [-0.25, -0.2) is 15.0 Å². The van der Waals surface area contributed by atoms with E-state index in [1.165, 1.54) is 38.1 Å². The number of ether oxygens (including phenoxy) is 5. The first-order valence-corrected chi connectivity index (χ1v) is 32.1. The van der Waals surface area contributed by atoms with Gasteiger partial charge in [0.15, 0.2) is 17.3 Å². The molecule has 27 heteroatoms. The molecule has 0 aliphatic carbocycles. The number of alkyl halides is 6. The summed E-state index contributed by atoms with van der Waals surface area (Å²) in [5.74, 6) is 0.626. The van der Waals surface area contributed by atoms with Crippen molar-refractivity contribution in [3.8, 4) is 45.1 Å². The van der Waals surface area contributed by atoms with Gasteiger partial charge in [-0.15, -0.1) is 26.3 Å². The van der Waals surface area contributed by atoms with Crippen LogP contribution in [0.2, 0.25) is 5.02 Å². The maximum Gasteiger partial charge on any atom is 0.573 e. The summed E-state index contributed by atoms with van der Waals surface area (Å²) in [6.07, 6.45) is -4.21. The molecule has 0 atom stereocenters. The number of benzene rings is 3. The third-order valence-electron chi connectivity index (χ3n) is 15.5. The zero-order valence-corrected chi connectivity index (χ0v) is 54.7. The molecule has 0 saturated carbocycles. The highest BCUT2D eigenvalue weighted by atomic mass is 35.5. The van der Waals surface area contributed by atoms with Crippen molar-refractivity contribution in [1.82, 2.24) is 29.7 Å². The second kappa shape index (κ2) is 37.5. The van der Waals surface area contributed by atoms with Crippen molar-refractivity contribution in [1.29, 1.82) is 0 Å². The van der Waals surface area contributed by atoms with Gasteiger partial charge in [0.1, 0.15) is 48.8 Å². The lowest BCUT2D eigenvalue weighted by Gasteiger charge is -2.35. The lowest BCUT2D eigenvalue weighted by Crippen LogP contribution is -2.47. The van der Waals surface area contributed by atoms with E-state index >= 15 is 0 Å². The van der Waals surface area contributed by atoms with Gasteiger partial charge in [-0.3, -0.25) is 43.5 Å². The first-order chi connectivity index (χ1) is 45.9. The Bertz CT molecular complexity index is 3460. The fourth-order valence-electron chi connectivity index (χ4n) is 10.4. The third kappa shape index (κ3) is 26.8. The Hall–Kier alpha value is -8.72. The molecule has 3 aliphatic heterocycles. The first-order valence-electron chi connectivity index (χ1n) is 31.7. The second-order valence-corrected chi connectivity index (χ2v) is 23.3. The van der Waals surface area contributed by atoms with Crippen molar-refractivity contribution in [3.63, 3.8) is 0 Å². The van der Waals surface area contributed by atoms with Crippen LogP contribution in [0.25, 0.3) is 33.6 Å². The van der Waals surface area contributed by atoms with Crippen molar-refractivity contribution in [2.75, 3.05) is 133 Å².